The molecule has 238 valence electrons. The zero-order valence-electron chi connectivity index (χ0n) is 25.6. The molecule has 5 amide bonds. The summed E-state index contributed by atoms with van der Waals surface area (Å²) in [5.74, 6) is -3.12. The topological polar surface area (TPSA) is 175 Å². The average Bonchev–Trinajstić information content (AvgIpc) is 3.00. The van der Waals surface area contributed by atoms with Crippen molar-refractivity contribution in [2.24, 2.45) is 5.92 Å². The molecular formula is C31H41N5O8. The first-order valence-electron chi connectivity index (χ1n) is 14.4. The molecular weight excluding hydrogens is 570 g/mol. The first-order valence-corrected chi connectivity index (χ1v) is 14.4. The quantitative estimate of drug-likeness (QED) is 0.291. The van der Waals surface area contributed by atoms with E-state index in [2.05, 4.69) is 21.3 Å². The van der Waals surface area contributed by atoms with Crippen molar-refractivity contribution >= 4 is 29.5 Å². The molecule has 1 fully saturated rings. The van der Waals surface area contributed by atoms with Gasteiger partial charge in [0.15, 0.2) is 11.5 Å². The van der Waals surface area contributed by atoms with Crippen LogP contribution in [0.25, 0.3) is 0 Å². The Morgan fingerprint density at radius 2 is 1.59 bits per heavy atom. The number of benzene rings is 2. The predicted molar refractivity (Wildman–Crippen MR) is 161 cm³/mol. The van der Waals surface area contributed by atoms with Crippen molar-refractivity contribution in [3.63, 3.8) is 0 Å². The minimum atomic E-state index is -1.36. The average molecular weight is 612 g/mol. The molecule has 2 aromatic carbocycles. The summed E-state index contributed by atoms with van der Waals surface area (Å²) in [5.41, 5.74) is 0.871. The summed E-state index contributed by atoms with van der Waals surface area (Å²) in [7, 11) is 2.81. The standard InChI is InChI=1S/C31H41N5O8/c1-18(2)25-30(41)33-22(16-20-10-7-6-8-11-20)28(39)35-26(19(3)37)29(40)32-14-15-36(17-24(38)34-25)31(42)21-12-9-13-23(43-4)27(21)44-5/h6-13,18-19,22,25-26,37H,14-17H2,1-5H3,(H,32,40)(H,33,41)(H,34,38)(H,35,39)/t19-,22+,25-,26+/m1/s1. The van der Waals surface area contributed by atoms with Gasteiger partial charge < -0.3 is 40.7 Å². The first kappa shape index (κ1) is 33.8. The van der Waals surface area contributed by atoms with Crippen LogP contribution in [0.3, 0.4) is 0 Å². The van der Waals surface area contributed by atoms with Crippen LogP contribution in [0, 0.1) is 5.92 Å². The number of ether oxygens (including phenoxy) is 2. The van der Waals surface area contributed by atoms with Crippen LogP contribution in [0.5, 0.6) is 11.5 Å². The molecule has 0 radical (unpaired) electrons. The third kappa shape index (κ3) is 8.69. The number of carbonyl (C=O) groups is 5. The molecule has 4 atom stereocenters. The van der Waals surface area contributed by atoms with E-state index < -0.39 is 60.3 Å². The van der Waals surface area contributed by atoms with Gasteiger partial charge >= 0.3 is 0 Å². The molecule has 0 unspecified atom stereocenters. The number of amides is 5. The Kier molecular flexibility index (Phi) is 12.1. The van der Waals surface area contributed by atoms with Crippen LogP contribution >= 0.6 is 0 Å². The maximum absolute atomic E-state index is 13.7. The van der Waals surface area contributed by atoms with Crippen molar-refractivity contribution in [3.8, 4) is 11.5 Å². The number of aliphatic hydroxyl groups excluding tert-OH is 1. The number of para-hydroxylation sites is 1. The van der Waals surface area contributed by atoms with E-state index in [0.717, 1.165) is 5.56 Å². The van der Waals surface area contributed by atoms with Gasteiger partial charge in [-0.25, -0.2) is 0 Å². The Bertz CT molecular complexity index is 1330. The van der Waals surface area contributed by atoms with Crippen LogP contribution in [0.2, 0.25) is 0 Å². The van der Waals surface area contributed by atoms with Crippen molar-refractivity contribution in [1.29, 1.82) is 0 Å². The number of nitrogens with one attached hydrogen (secondary N) is 4. The molecule has 5 N–H and O–H groups in total. The van der Waals surface area contributed by atoms with E-state index in [-0.39, 0.29) is 36.7 Å². The monoisotopic (exact) mass is 611 g/mol. The highest BCUT2D eigenvalue weighted by Gasteiger charge is 2.34. The molecule has 44 heavy (non-hydrogen) atoms. The lowest BCUT2D eigenvalue weighted by Gasteiger charge is -2.27. The Morgan fingerprint density at radius 3 is 2.20 bits per heavy atom. The molecule has 2 aromatic rings. The lowest BCUT2D eigenvalue weighted by Crippen LogP contribution is -2.60. The van der Waals surface area contributed by atoms with Gasteiger partial charge in [-0.3, -0.25) is 24.0 Å². The van der Waals surface area contributed by atoms with Crippen molar-refractivity contribution in [3.05, 3.63) is 59.7 Å². The Hall–Kier alpha value is -4.65. The summed E-state index contributed by atoms with van der Waals surface area (Å²) < 4.78 is 10.7. The fourth-order valence-corrected chi connectivity index (χ4v) is 4.81. The minimum Gasteiger partial charge on any atom is -0.493 e. The lowest BCUT2D eigenvalue weighted by atomic mass is 10.0. The number of hydrogen-bond acceptors (Lipinski definition) is 8. The molecule has 0 aromatic heterocycles. The fraction of sp³-hybridized carbons (Fsp3) is 0.452. The largest absolute Gasteiger partial charge is 0.493 e. The van der Waals surface area contributed by atoms with Gasteiger partial charge in [0.05, 0.1) is 32.4 Å². The van der Waals surface area contributed by atoms with Gasteiger partial charge in [0, 0.05) is 19.5 Å². The Balaban J connectivity index is 1.98. The summed E-state index contributed by atoms with van der Waals surface area (Å²) in [6, 6.07) is 10.2. The summed E-state index contributed by atoms with van der Waals surface area (Å²) in [6.45, 7) is 4.15. The minimum absolute atomic E-state index is 0.0932. The van der Waals surface area contributed by atoms with Crippen molar-refractivity contribution < 1.29 is 38.6 Å². The summed E-state index contributed by atoms with van der Waals surface area (Å²) in [6.07, 6.45) is -1.19. The first-order chi connectivity index (χ1) is 21.0. The van der Waals surface area contributed by atoms with Crippen LogP contribution in [0.15, 0.2) is 48.5 Å². The van der Waals surface area contributed by atoms with Gasteiger partial charge in [-0.2, -0.15) is 0 Å². The highest BCUT2D eigenvalue weighted by molar-refractivity contribution is 6.00. The normalized spacial score (nSPS) is 21.2. The molecule has 1 saturated heterocycles. The van der Waals surface area contributed by atoms with Crippen LogP contribution in [0.4, 0.5) is 0 Å². The van der Waals surface area contributed by atoms with Gasteiger partial charge in [0.25, 0.3) is 5.91 Å². The second-order valence-electron chi connectivity index (χ2n) is 10.8. The zero-order valence-corrected chi connectivity index (χ0v) is 25.6. The maximum Gasteiger partial charge on any atom is 0.258 e. The molecule has 0 spiro atoms. The maximum atomic E-state index is 13.7. The number of nitrogens with zero attached hydrogens (tertiary/aromatic N) is 1. The van der Waals surface area contributed by atoms with Gasteiger partial charge in [-0.1, -0.05) is 50.2 Å². The van der Waals surface area contributed by atoms with E-state index in [0.29, 0.717) is 5.75 Å². The van der Waals surface area contributed by atoms with Crippen molar-refractivity contribution in [2.75, 3.05) is 33.9 Å². The second-order valence-corrected chi connectivity index (χ2v) is 10.8. The number of aliphatic hydroxyl groups is 1. The van der Waals surface area contributed by atoms with Gasteiger partial charge in [0.2, 0.25) is 23.6 Å². The molecule has 0 aliphatic carbocycles. The van der Waals surface area contributed by atoms with Crippen LogP contribution in [-0.4, -0.2) is 97.6 Å². The third-order valence-electron chi connectivity index (χ3n) is 7.18. The number of hydrogen-bond donors (Lipinski definition) is 5. The number of rotatable bonds is 7. The SMILES string of the molecule is COc1cccc(C(=O)N2CCNC(=O)[C@H]([C@@H](C)O)NC(=O)[C@H](Cc3ccccc3)NC(=O)[C@@H](C(C)C)NC(=O)C2)c1OC. The predicted octanol–water partition coefficient (Wildman–Crippen LogP) is 0.00970. The van der Waals surface area contributed by atoms with E-state index in [4.69, 9.17) is 9.47 Å². The van der Waals surface area contributed by atoms with Crippen LogP contribution in [-0.2, 0) is 25.6 Å². The van der Waals surface area contributed by atoms with E-state index in [1.54, 1.807) is 50.2 Å². The van der Waals surface area contributed by atoms with Crippen molar-refractivity contribution in [2.45, 2.75) is 51.4 Å². The fourth-order valence-electron chi connectivity index (χ4n) is 4.81. The Labute approximate surface area is 256 Å². The van der Waals surface area contributed by atoms with Gasteiger partial charge in [-0.15, -0.1) is 0 Å². The smallest absolute Gasteiger partial charge is 0.258 e. The number of carbonyl (C=O) groups excluding carboxylic acids is 5. The lowest BCUT2D eigenvalue weighted by molar-refractivity contribution is -0.135. The molecule has 1 aliphatic heterocycles. The number of methoxy groups -OCH3 is 2. The van der Waals surface area contributed by atoms with E-state index in [1.807, 2.05) is 6.07 Å². The van der Waals surface area contributed by atoms with Gasteiger partial charge in [-0.05, 0) is 30.5 Å². The van der Waals surface area contributed by atoms with E-state index in [9.17, 15) is 29.1 Å². The molecule has 3 rings (SSSR count). The highest BCUT2D eigenvalue weighted by atomic mass is 16.5. The molecule has 13 nitrogen and oxygen atoms in total. The van der Waals surface area contributed by atoms with E-state index in [1.165, 1.54) is 32.1 Å². The van der Waals surface area contributed by atoms with Crippen LogP contribution in [0.1, 0.15) is 36.7 Å². The van der Waals surface area contributed by atoms with Gasteiger partial charge in [0.1, 0.15) is 18.1 Å². The molecule has 13 heteroatoms. The van der Waals surface area contributed by atoms with Crippen LogP contribution < -0.4 is 30.7 Å². The summed E-state index contributed by atoms with van der Waals surface area (Å²) in [5, 5.41) is 21.0. The van der Waals surface area contributed by atoms with E-state index >= 15 is 0 Å². The second kappa shape index (κ2) is 15.7. The summed E-state index contributed by atoms with van der Waals surface area (Å²) >= 11 is 0. The Morgan fingerprint density at radius 1 is 0.886 bits per heavy atom. The zero-order chi connectivity index (χ0) is 32.4. The summed E-state index contributed by atoms with van der Waals surface area (Å²) in [4.78, 5) is 68.3. The van der Waals surface area contributed by atoms with Crippen molar-refractivity contribution in [1.82, 2.24) is 26.2 Å². The molecule has 1 heterocycles. The molecule has 0 saturated carbocycles. The molecule has 0 bridgehead atoms. The highest BCUT2D eigenvalue weighted by Crippen LogP contribution is 2.31. The molecule has 1 aliphatic rings. The third-order valence-corrected chi connectivity index (χ3v) is 7.18.